The number of aromatic nitrogens is 3. The molecule has 0 bridgehead atoms. The maximum atomic E-state index is 14.7. The van der Waals surface area contributed by atoms with Gasteiger partial charge in [-0.3, -0.25) is 34.6 Å². The molecule has 0 spiro atoms. The Morgan fingerprint density at radius 2 is 1.56 bits per heavy atom. The standard InChI is InChI=1S/C39H45FN8O4.C2H6/c1-39(2)11-7-28-32(22-39)43-44-35(28)31-19-25-3-4-26(20-30(25)41-31)36(50)47-17-15-45(16-18-47)23-24-8-12-46(13-9-24)37(51)27-5-6-29(40)33(21-27)48-14-10-34(49)42-38(48)52;1-2/h3-6,19-21,24,41H,7-18,22-23H2,1-2H3,(H,43,44)(H,42,49,52);1-2H3. The number of hydrogen-bond acceptors (Lipinski definition) is 6. The van der Waals surface area contributed by atoms with E-state index in [4.69, 9.17) is 0 Å². The number of fused-ring (bicyclic) bond motifs is 2. The van der Waals surface area contributed by atoms with E-state index in [1.807, 2.05) is 36.9 Å². The number of carbonyl (C=O) groups is 4. The zero-order chi connectivity index (χ0) is 38.1. The van der Waals surface area contributed by atoms with Crippen LogP contribution in [0.3, 0.4) is 0 Å². The van der Waals surface area contributed by atoms with Gasteiger partial charge in [0.05, 0.1) is 11.4 Å². The molecule has 54 heavy (non-hydrogen) atoms. The third kappa shape index (κ3) is 7.64. The van der Waals surface area contributed by atoms with Crippen molar-refractivity contribution in [1.29, 1.82) is 0 Å². The molecular formula is C41H51FN8O4. The number of hydrogen-bond donors (Lipinski definition) is 3. The summed E-state index contributed by atoms with van der Waals surface area (Å²) >= 11 is 0. The lowest BCUT2D eigenvalue weighted by molar-refractivity contribution is -0.120. The zero-order valence-electron chi connectivity index (χ0n) is 31.8. The first kappa shape index (κ1) is 37.3. The lowest BCUT2D eigenvalue weighted by Crippen LogP contribution is -2.50. The Morgan fingerprint density at radius 1 is 0.870 bits per heavy atom. The molecule has 3 fully saturated rings. The first-order valence-electron chi connectivity index (χ1n) is 19.4. The van der Waals surface area contributed by atoms with Crippen LogP contribution in [-0.2, 0) is 17.6 Å². The number of benzene rings is 2. The Balaban J connectivity index is 0.00000221. The molecule has 286 valence electrons. The van der Waals surface area contributed by atoms with Crippen molar-refractivity contribution < 1.29 is 23.6 Å². The minimum atomic E-state index is -0.689. The van der Waals surface area contributed by atoms with Gasteiger partial charge >= 0.3 is 6.03 Å². The molecule has 3 aliphatic heterocycles. The highest BCUT2D eigenvalue weighted by molar-refractivity contribution is 6.06. The fourth-order valence-electron chi connectivity index (χ4n) is 8.29. The highest BCUT2D eigenvalue weighted by Gasteiger charge is 2.32. The number of H-pyrrole nitrogens is 2. The summed E-state index contributed by atoms with van der Waals surface area (Å²) in [7, 11) is 0. The molecule has 0 unspecified atom stereocenters. The summed E-state index contributed by atoms with van der Waals surface area (Å²) in [5, 5.41) is 11.2. The molecule has 1 aliphatic carbocycles. The number of piperazine rings is 1. The summed E-state index contributed by atoms with van der Waals surface area (Å²) in [4.78, 5) is 61.6. The number of imide groups is 1. The number of carbonyl (C=O) groups excluding carboxylic acids is 4. The summed E-state index contributed by atoms with van der Waals surface area (Å²) in [6, 6.07) is 11.4. The molecule has 5 amide bonds. The van der Waals surface area contributed by atoms with Crippen LogP contribution in [0.1, 0.15) is 85.4 Å². The van der Waals surface area contributed by atoms with Crippen LogP contribution in [0.2, 0.25) is 0 Å². The molecule has 3 saturated heterocycles. The van der Waals surface area contributed by atoms with Crippen molar-refractivity contribution in [2.75, 3.05) is 57.3 Å². The average molecular weight is 739 g/mol. The van der Waals surface area contributed by atoms with Crippen LogP contribution in [0.5, 0.6) is 0 Å². The summed E-state index contributed by atoms with van der Waals surface area (Å²) in [6.07, 6.45) is 4.91. The molecule has 2 aromatic heterocycles. The fourth-order valence-corrected chi connectivity index (χ4v) is 8.29. The molecule has 4 aliphatic rings. The predicted octanol–water partition coefficient (Wildman–Crippen LogP) is 5.99. The largest absolute Gasteiger partial charge is 0.353 e. The van der Waals surface area contributed by atoms with Crippen LogP contribution in [0.4, 0.5) is 14.9 Å². The van der Waals surface area contributed by atoms with Gasteiger partial charge in [-0.1, -0.05) is 33.8 Å². The topological polar surface area (TPSA) is 138 Å². The minimum absolute atomic E-state index is 0.00485. The summed E-state index contributed by atoms with van der Waals surface area (Å²) in [5.74, 6) is -0.744. The van der Waals surface area contributed by atoms with Gasteiger partial charge in [-0.05, 0) is 79.8 Å². The van der Waals surface area contributed by atoms with Crippen LogP contribution < -0.4 is 10.2 Å². The number of aromatic amines is 2. The van der Waals surface area contributed by atoms with Crippen molar-refractivity contribution in [2.24, 2.45) is 11.3 Å². The number of nitrogens with one attached hydrogen (secondary N) is 3. The van der Waals surface area contributed by atoms with Crippen LogP contribution in [0.25, 0.3) is 22.3 Å². The number of anilines is 1. The van der Waals surface area contributed by atoms with E-state index >= 15 is 0 Å². The number of nitrogens with zero attached hydrogens (tertiary/aromatic N) is 5. The number of likely N-dealkylation sites (tertiary alicyclic amines) is 1. The summed E-state index contributed by atoms with van der Waals surface area (Å²) < 4.78 is 14.7. The van der Waals surface area contributed by atoms with Crippen molar-refractivity contribution in [2.45, 2.75) is 66.2 Å². The molecule has 2 aromatic carbocycles. The quantitative estimate of drug-likeness (QED) is 0.222. The van der Waals surface area contributed by atoms with E-state index in [0.29, 0.717) is 43.2 Å². The second-order valence-corrected chi connectivity index (χ2v) is 15.6. The normalized spacial score (nSPS) is 19.3. The Morgan fingerprint density at radius 3 is 2.28 bits per heavy atom. The third-order valence-corrected chi connectivity index (χ3v) is 11.4. The molecule has 4 aromatic rings. The molecule has 12 nitrogen and oxygen atoms in total. The Hall–Kier alpha value is -5.04. The SMILES string of the molecule is CC.CC1(C)CCc2c(-c3cc4ccc(C(=O)N5CCN(CC6CCN(C(=O)c7ccc(F)c(N8CCC(=O)NC8=O)c7)CC6)CC5)cc4[nH]3)n[nH]c2C1. The van der Waals surface area contributed by atoms with Crippen molar-refractivity contribution in [3.63, 3.8) is 0 Å². The van der Waals surface area contributed by atoms with Gasteiger partial charge in [0.25, 0.3) is 11.8 Å². The molecule has 13 heteroatoms. The van der Waals surface area contributed by atoms with E-state index in [0.717, 1.165) is 78.9 Å². The van der Waals surface area contributed by atoms with Gasteiger partial charge in [-0.25, -0.2) is 9.18 Å². The maximum Gasteiger partial charge on any atom is 0.328 e. The second-order valence-electron chi connectivity index (χ2n) is 15.6. The van der Waals surface area contributed by atoms with Gasteiger partial charge < -0.3 is 14.8 Å². The van der Waals surface area contributed by atoms with Gasteiger partial charge in [-0.15, -0.1) is 0 Å². The van der Waals surface area contributed by atoms with Crippen LogP contribution in [0, 0.1) is 17.2 Å². The Labute approximate surface area is 315 Å². The van der Waals surface area contributed by atoms with Gasteiger partial charge in [-0.2, -0.15) is 5.10 Å². The molecular weight excluding hydrogens is 688 g/mol. The summed E-state index contributed by atoms with van der Waals surface area (Å²) in [5.41, 5.74) is 6.69. The second kappa shape index (κ2) is 15.4. The van der Waals surface area contributed by atoms with E-state index in [1.165, 1.54) is 29.5 Å². The third-order valence-electron chi connectivity index (χ3n) is 11.4. The van der Waals surface area contributed by atoms with E-state index in [9.17, 15) is 23.6 Å². The molecule has 0 radical (unpaired) electrons. The van der Waals surface area contributed by atoms with Crippen LogP contribution >= 0.6 is 0 Å². The average Bonchev–Trinajstić information content (AvgIpc) is 3.79. The fraction of sp³-hybridized carbons (Fsp3) is 0.488. The Kier molecular flexibility index (Phi) is 10.6. The van der Waals surface area contributed by atoms with Gasteiger partial charge in [0, 0.05) is 92.1 Å². The number of rotatable bonds is 6. The smallest absolute Gasteiger partial charge is 0.328 e. The van der Waals surface area contributed by atoms with E-state index in [2.05, 4.69) is 45.3 Å². The van der Waals surface area contributed by atoms with Crippen molar-refractivity contribution in [3.8, 4) is 11.4 Å². The number of piperidine rings is 1. The maximum absolute atomic E-state index is 14.7. The molecule has 3 N–H and O–H groups in total. The number of urea groups is 1. The molecule has 0 atom stereocenters. The first-order valence-corrected chi connectivity index (χ1v) is 19.4. The van der Waals surface area contributed by atoms with Crippen molar-refractivity contribution in [3.05, 3.63) is 70.7 Å². The number of amides is 5. The first-order chi connectivity index (χ1) is 26.0. The van der Waals surface area contributed by atoms with Crippen LogP contribution in [-0.4, -0.2) is 106 Å². The van der Waals surface area contributed by atoms with Crippen molar-refractivity contribution >= 4 is 40.3 Å². The molecule has 5 heterocycles. The zero-order valence-corrected chi connectivity index (χ0v) is 31.8. The number of halogens is 1. The van der Waals surface area contributed by atoms with Gasteiger partial charge in [0.15, 0.2) is 0 Å². The predicted molar refractivity (Wildman–Crippen MR) is 206 cm³/mol. The van der Waals surface area contributed by atoms with Gasteiger partial charge in [0.1, 0.15) is 11.5 Å². The monoisotopic (exact) mass is 738 g/mol. The van der Waals surface area contributed by atoms with Crippen LogP contribution in [0.15, 0.2) is 42.5 Å². The van der Waals surface area contributed by atoms with E-state index in [1.54, 1.807) is 4.90 Å². The highest BCUT2D eigenvalue weighted by Crippen LogP contribution is 2.38. The van der Waals surface area contributed by atoms with Crippen molar-refractivity contribution in [1.82, 2.24) is 35.2 Å². The van der Waals surface area contributed by atoms with E-state index in [-0.39, 0.29) is 35.9 Å². The Bertz CT molecular complexity index is 2050. The lowest BCUT2D eigenvalue weighted by Gasteiger charge is -2.39. The van der Waals surface area contributed by atoms with Gasteiger partial charge in [0.2, 0.25) is 5.91 Å². The lowest BCUT2D eigenvalue weighted by atomic mass is 9.76. The minimum Gasteiger partial charge on any atom is -0.353 e. The molecule has 8 rings (SSSR count). The molecule has 0 saturated carbocycles. The summed E-state index contributed by atoms with van der Waals surface area (Å²) in [6.45, 7) is 13.7. The highest BCUT2D eigenvalue weighted by atomic mass is 19.1. The van der Waals surface area contributed by atoms with E-state index < -0.39 is 17.8 Å².